The SMILES string of the molecule is COc1cc(C(c2cccc(Cl)c2Cl)N2CCCC2C(=O)O)cc(OC)c1OC. The molecule has 2 aromatic rings. The van der Waals surface area contributed by atoms with E-state index in [1.165, 1.54) is 7.11 Å². The summed E-state index contributed by atoms with van der Waals surface area (Å²) in [4.78, 5) is 13.8. The zero-order chi connectivity index (χ0) is 21.1. The van der Waals surface area contributed by atoms with Crippen LogP contribution in [0.5, 0.6) is 17.2 Å². The van der Waals surface area contributed by atoms with Gasteiger partial charge in [0.15, 0.2) is 11.5 Å². The lowest BCUT2D eigenvalue weighted by Crippen LogP contribution is -2.39. The van der Waals surface area contributed by atoms with Crippen LogP contribution in [0.4, 0.5) is 0 Å². The largest absolute Gasteiger partial charge is 0.493 e. The van der Waals surface area contributed by atoms with Crippen molar-refractivity contribution in [2.75, 3.05) is 27.9 Å². The van der Waals surface area contributed by atoms with Gasteiger partial charge in [0.05, 0.1) is 37.4 Å². The summed E-state index contributed by atoms with van der Waals surface area (Å²) in [6.07, 6.45) is 1.34. The maximum absolute atomic E-state index is 11.9. The molecule has 1 fully saturated rings. The first-order valence-electron chi connectivity index (χ1n) is 9.15. The first kappa shape index (κ1) is 21.6. The minimum atomic E-state index is -0.863. The third kappa shape index (κ3) is 4.10. The molecule has 1 heterocycles. The van der Waals surface area contributed by atoms with Crippen LogP contribution >= 0.6 is 23.2 Å². The molecule has 1 aliphatic heterocycles. The van der Waals surface area contributed by atoms with Crippen LogP contribution in [0.15, 0.2) is 30.3 Å². The smallest absolute Gasteiger partial charge is 0.320 e. The molecule has 1 aliphatic rings. The Kier molecular flexibility index (Phi) is 6.77. The monoisotopic (exact) mass is 439 g/mol. The van der Waals surface area contributed by atoms with Crippen molar-refractivity contribution in [3.8, 4) is 17.2 Å². The van der Waals surface area contributed by atoms with Crippen LogP contribution < -0.4 is 14.2 Å². The van der Waals surface area contributed by atoms with Crippen LogP contribution in [0.3, 0.4) is 0 Å². The molecule has 2 unspecified atom stereocenters. The lowest BCUT2D eigenvalue weighted by molar-refractivity contribution is -0.142. The van der Waals surface area contributed by atoms with Crippen LogP contribution in [-0.2, 0) is 4.79 Å². The van der Waals surface area contributed by atoms with Crippen molar-refractivity contribution in [3.63, 3.8) is 0 Å². The van der Waals surface area contributed by atoms with Crippen LogP contribution in [-0.4, -0.2) is 49.9 Å². The summed E-state index contributed by atoms with van der Waals surface area (Å²) in [7, 11) is 4.61. The molecule has 0 saturated carbocycles. The topological polar surface area (TPSA) is 68.2 Å². The third-order valence-corrected chi connectivity index (χ3v) is 6.02. The van der Waals surface area contributed by atoms with Gasteiger partial charge in [-0.05, 0) is 42.2 Å². The fourth-order valence-electron chi connectivity index (χ4n) is 3.90. The number of hydrogen-bond donors (Lipinski definition) is 1. The lowest BCUT2D eigenvalue weighted by Gasteiger charge is -2.33. The Morgan fingerprint density at radius 1 is 1.14 bits per heavy atom. The second-order valence-electron chi connectivity index (χ2n) is 6.74. The van der Waals surface area contributed by atoms with Crippen molar-refractivity contribution < 1.29 is 24.1 Å². The number of likely N-dealkylation sites (tertiary alicyclic amines) is 1. The first-order chi connectivity index (χ1) is 13.9. The van der Waals surface area contributed by atoms with E-state index in [4.69, 9.17) is 37.4 Å². The summed E-state index contributed by atoms with van der Waals surface area (Å²) in [6.45, 7) is 0.612. The average molecular weight is 440 g/mol. The van der Waals surface area contributed by atoms with E-state index in [1.54, 1.807) is 26.4 Å². The molecule has 2 atom stereocenters. The molecule has 1 saturated heterocycles. The van der Waals surface area contributed by atoms with Gasteiger partial charge in [0, 0.05) is 6.54 Å². The zero-order valence-electron chi connectivity index (χ0n) is 16.4. The quantitative estimate of drug-likeness (QED) is 0.676. The van der Waals surface area contributed by atoms with Gasteiger partial charge < -0.3 is 19.3 Å². The fraction of sp³-hybridized carbons (Fsp3) is 0.381. The minimum absolute atomic E-state index is 0.393. The van der Waals surface area contributed by atoms with Gasteiger partial charge in [-0.3, -0.25) is 9.69 Å². The second-order valence-corrected chi connectivity index (χ2v) is 7.52. The highest BCUT2D eigenvalue weighted by Crippen LogP contribution is 2.45. The van der Waals surface area contributed by atoms with Crippen molar-refractivity contribution in [1.29, 1.82) is 0 Å². The number of benzene rings is 2. The number of rotatable bonds is 7. The molecule has 0 bridgehead atoms. The van der Waals surface area contributed by atoms with E-state index in [0.717, 1.165) is 17.5 Å². The van der Waals surface area contributed by atoms with Gasteiger partial charge in [-0.1, -0.05) is 35.3 Å². The Labute approximate surface area is 179 Å². The van der Waals surface area contributed by atoms with E-state index in [2.05, 4.69) is 0 Å². The summed E-state index contributed by atoms with van der Waals surface area (Å²) in [6, 6.07) is 7.94. The second kappa shape index (κ2) is 9.11. The van der Waals surface area contributed by atoms with Gasteiger partial charge in [-0.25, -0.2) is 0 Å². The Hall–Kier alpha value is -2.15. The van der Waals surface area contributed by atoms with Crippen molar-refractivity contribution >= 4 is 29.2 Å². The molecule has 0 aromatic heterocycles. The Balaban J connectivity index is 2.23. The van der Waals surface area contributed by atoms with Gasteiger partial charge in [-0.2, -0.15) is 0 Å². The zero-order valence-corrected chi connectivity index (χ0v) is 18.0. The Bertz CT molecular complexity index is 880. The van der Waals surface area contributed by atoms with Gasteiger partial charge in [-0.15, -0.1) is 0 Å². The summed E-state index contributed by atoms with van der Waals surface area (Å²) >= 11 is 12.8. The summed E-state index contributed by atoms with van der Waals surface area (Å²) in [5.41, 5.74) is 1.50. The minimum Gasteiger partial charge on any atom is -0.493 e. The molecule has 8 heteroatoms. The van der Waals surface area contributed by atoms with Crippen molar-refractivity contribution in [3.05, 3.63) is 51.5 Å². The number of aliphatic carboxylic acids is 1. The maximum Gasteiger partial charge on any atom is 0.320 e. The molecule has 0 radical (unpaired) electrons. The highest BCUT2D eigenvalue weighted by atomic mass is 35.5. The molecule has 1 N–H and O–H groups in total. The molecule has 2 aromatic carbocycles. The number of methoxy groups -OCH3 is 3. The van der Waals surface area contributed by atoms with Crippen molar-refractivity contribution in [1.82, 2.24) is 4.90 Å². The van der Waals surface area contributed by atoms with Crippen molar-refractivity contribution in [2.45, 2.75) is 24.9 Å². The number of carbonyl (C=O) groups is 1. The number of nitrogens with zero attached hydrogens (tertiary/aromatic N) is 1. The molecule has 156 valence electrons. The summed E-state index contributed by atoms with van der Waals surface area (Å²) in [5.74, 6) is 0.566. The summed E-state index contributed by atoms with van der Waals surface area (Å²) in [5, 5.41) is 10.6. The normalized spacial score (nSPS) is 17.8. The van der Waals surface area contributed by atoms with Gasteiger partial charge in [0.25, 0.3) is 0 Å². The van der Waals surface area contributed by atoms with E-state index in [1.807, 2.05) is 23.1 Å². The molecule has 6 nitrogen and oxygen atoms in total. The number of carboxylic acid groups (broad SMARTS) is 1. The number of halogens is 2. The van der Waals surface area contributed by atoms with E-state index >= 15 is 0 Å². The van der Waals surface area contributed by atoms with Crippen LogP contribution in [0, 0.1) is 0 Å². The molecule has 0 amide bonds. The molecule has 3 rings (SSSR count). The standard InChI is InChI=1S/C21H23Cl2NO5/c1-27-16-10-12(11-17(28-2)20(16)29-3)19(13-6-4-7-14(22)18(13)23)24-9-5-8-15(24)21(25)26/h4,6-7,10-11,15,19H,5,8-9H2,1-3H3,(H,25,26). The predicted molar refractivity (Wildman–Crippen MR) is 112 cm³/mol. The van der Waals surface area contributed by atoms with E-state index in [9.17, 15) is 9.90 Å². The first-order valence-corrected chi connectivity index (χ1v) is 9.90. The van der Waals surface area contributed by atoms with E-state index < -0.39 is 18.1 Å². The molecular formula is C21H23Cl2NO5. The van der Waals surface area contributed by atoms with Crippen LogP contribution in [0.2, 0.25) is 10.0 Å². The van der Waals surface area contributed by atoms with Gasteiger partial charge in [0.1, 0.15) is 6.04 Å². The average Bonchev–Trinajstić information content (AvgIpc) is 3.20. The Morgan fingerprint density at radius 3 is 2.34 bits per heavy atom. The van der Waals surface area contributed by atoms with Gasteiger partial charge >= 0.3 is 5.97 Å². The number of hydrogen-bond acceptors (Lipinski definition) is 5. The fourth-order valence-corrected chi connectivity index (χ4v) is 4.32. The van der Waals surface area contributed by atoms with Crippen molar-refractivity contribution in [2.24, 2.45) is 0 Å². The summed E-state index contributed by atoms with van der Waals surface area (Å²) < 4.78 is 16.4. The molecule has 0 spiro atoms. The molecule has 29 heavy (non-hydrogen) atoms. The molecular weight excluding hydrogens is 417 g/mol. The van der Waals surface area contributed by atoms with Gasteiger partial charge in [0.2, 0.25) is 5.75 Å². The van der Waals surface area contributed by atoms with E-state index in [0.29, 0.717) is 40.3 Å². The number of carboxylic acids is 1. The van der Waals surface area contributed by atoms with E-state index in [-0.39, 0.29) is 0 Å². The highest BCUT2D eigenvalue weighted by Gasteiger charge is 2.38. The third-order valence-electron chi connectivity index (χ3n) is 5.19. The Morgan fingerprint density at radius 2 is 1.79 bits per heavy atom. The highest BCUT2D eigenvalue weighted by molar-refractivity contribution is 6.42. The van der Waals surface area contributed by atoms with Crippen LogP contribution in [0.1, 0.15) is 30.0 Å². The predicted octanol–water partition coefficient (Wildman–Crippen LogP) is 4.66. The number of ether oxygens (including phenoxy) is 3. The molecule has 0 aliphatic carbocycles. The lowest BCUT2D eigenvalue weighted by atomic mass is 9.95. The van der Waals surface area contributed by atoms with Crippen LogP contribution in [0.25, 0.3) is 0 Å². The maximum atomic E-state index is 11.9.